The molecule has 0 aliphatic carbocycles. The molecule has 4 heteroatoms. The Bertz CT molecular complexity index is 692. The van der Waals surface area contributed by atoms with Crippen molar-refractivity contribution in [2.75, 3.05) is 17.7 Å². The van der Waals surface area contributed by atoms with Crippen LogP contribution in [0.3, 0.4) is 0 Å². The number of pyridine rings is 1. The lowest BCUT2D eigenvalue weighted by Gasteiger charge is -2.21. The second kappa shape index (κ2) is 4.90. The van der Waals surface area contributed by atoms with Gasteiger partial charge in [-0.15, -0.1) is 11.3 Å². The summed E-state index contributed by atoms with van der Waals surface area (Å²) in [5.74, 6) is 0. The largest absolute Gasteiger partial charge is 0.397 e. The molecule has 96 valence electrons. The molecule has 2 aromatic heterocycles. The van der Waals surface area contributed by atoms with Crippen molar-refractivity contribution in [3.05, 3.63) is 53.0 Å². The number of hydrogen-bond donors (Lipinski definition) is 1. The Labute approximate surface area is 116 Å². The molecular formula is C15H15N3S. The third-order valence-electron chi connectivity index (χ3n) is 3.22. The van der Waals surface area contributed by atoms with E-state index in [4.69, 9.17) is 5.73 Å². The monoisotopic (exact) mass is 269 g/mol. The number of anilines is 2. The zero-order valence-corrected chi connectivity index (χ0v) is 11.5. The van der Waals surface area contributed by atoms with Crippen molar-refractivity contribution in [1.82, 2.24) is 4.98 Å². The summed E-state index contributed by atoms with van der Waals surface area (Å²) in [5.41, 5.74) is 8.16. The average molecular weight is 269 g/mol. The zero-order valence-electron chi connectivity index (χ0n) is 10.7. The third kappa shape index (κ3) is 2.27. The molecule has 0 bridgehead atoms. The van der Waals surface area contributed by atoms with E-state index in [0.29, 0.717) is 0 Å². The minimum atomic E-state index is 0.818. The van der Waals surface area contributed by atoms with Gasteiger partial charge >= 0.3 is 0 Å². The van der Waals surface area contributed by atoms with Crippen molar-refractivity contribution in [1.29, 1.82) is 0 Å². The standard InChI is InChI=1S/C15H15N3S/c1-18(10-12-3-2-8-19-12)14-5-4-11-9-17-7-6-13(11)15(14)16/h2-9H,10,16H2,1H3. The van der Waals surface area contributed by atoms with Gasteiger partial charge in [0, 0.05) is 35.1 Å². The summed E-state index contributed by atoms with van der Waals surface area (Å²) in [4.78, 5) is 7.63. The maximum Gasteiger partial charge on any atom is 0.0632 e. The summed E-state index contributed by atoms with van der Waals surface area (Å²) in [5, 5.41) is 4.23. The van der Waals surface area contributed by atoms with Crippen molar-refractivity contribution < 1.29 is 0 Å². The summed E-state index contributed by atoms with van der Waals surface area (Å²) < 4.78 is 0. The molecule has 19 heavy (non-hydrogen) atoms. The van der Waals surface area contributed by atoms with E-state index < -0.39 is 0 Å². The van der Waals surface area contributed by atoms with Crippen LogP contribution in [0.4, 0.5) is 11.4 Å². The quantitative estimate of drug-likeness (QED) is 0.740. The molecule has 0 spiro atoms. The van der Waals surface area contributed by atoms with Gasteiger partial charge in [-0.2, -0.15) is 0 Å². The highest BCUT2D eigenvalue weighted by molar-refractivity contribution is 7.09. The summed E-state index contributed by atoms with van der Waals surface area (Å²) >= 11 is 1.76. The third-order valence-corrected chi connectivity index (χ3v) is 4.08. The van der Waals surface area contributed by atoms with E-state index in [0.717, 1.165) is 28.7 Å². The molecule has 1 aromatic carbocycles. The topological polar surface area (TPSA) is 42.2 Å². The number of rotatable bonds is 3. The Morgan fingerprint density at radius 1 is 1.26 bits per heavy atom. The van der Waals surface area contributed by atoms with Gasteiger partial charge in [-0.3, -0.25) is 4.98 Å². The van der Waals surface area contributed by atoms with Crippen molar-refractivity contribution in [2.24, 2.45) is 0 Å². The van der Waals surface area contributed by atoms with Crippen LogP contribution in [0.2, 0.25) is 0 Å². The Morgan fingerprint density at radius 2 is 2.16 bits per heavy atom. The van der Waals surface area contributed by atoms with E-state index in [1.54, 1.807) is 17.5 Å². The van der Waals surface area contributed by atoms with Gasteiger partial charge in [-0.05, 0) is 23.6 Å². The SMILES string of the molecule is CN(Cc1cccs1)c1ccc2cnccc2c1N. The van der Waals surface area contributed by atoms with Gasteiger partial charge in [0.2, 0.25) is 0 Å². The van der Waals surface area contributed by atoms with Crippen LogP contribution in [0.5, 0.6) is 0 Å². The van der Waals surface area contributed by atoms with E-state index in [2.05, 4.69) is 46.6 Å². The van der Waals surface area contributed by atoms with Gasteiger partial charge in [-0.25, -0.2) is 0 Å². The number of nitrogens with zero attached hydrogens (tertiary/aromatic N) is 2. The van der Waals surface area contributed by atoms with Crippen molar-refractivity contribution in [3.63, 3.8) is 0 Å². The number of aromatic nitrogens is 1. The molecule has 0 radical (unpaired) electrons. The number of fused-ring (bicyclic) bond motifs is 1. The Morgan fingerprint density at radius 3 is 2.95 bits per heavy atom. The molecule has 3 nitrogen and oxygen atoms in total. The number of benzene rings is 1. The summed E-state index contributed by atoms with van der Waals surface area (Å²) in [6.07, 6.45) is 3.62. The fourth-order valence-electron chi connectivity index (χ4n) is 2.24. The van der Waals surface area contributed by atoms with E-state index >= 15 is 0 Å². The molecular weight excluding hydrogens is 254 g/mol. The lowest BCUT2D eigenvalue weighted by Crippen LogP contribution is -2.17. The maximum atomic E-state index is 6.28. The van der Waals surface area contributed by atoms with Crippen LogP contribution < -0.4 is 10.6 Å². The zero-order chi connectivity index (χ0) is 13.2. The van der Waals surface area contributed by atoms with Gasteiger partial charge < -0.3 is 10.6 Å². The van der Waals surface area contributed by atoms with Crippen molar-refractivity contribution >= 4 is 33.5 Å². The molecule has 0 saturated heterocycles. The van der Waals surface area contributed by atoms with Crippen LogP contribution in [0.25, 0.3) is 10.8 Å². The first kappa shape index (κ1) is 12.0. The minimum Gasteiger partial charge on any atom is -0.397 e. The minimum absolute atomic E-state index is 0.818. The van der Waals surface area contributed by atoms with Crippen LogP contribution in [-0.2, 0) is 6.54 Å². The second-order valence-corrected chi connectivity index (χ2v) is 5.56. The van der Waals surface area contributed by atoms with Crippen LogP contribution in [0, 0.1) is 0 Å². The van der Waals surface area contributed by atoms with Gasteiger partial charge in [0.25, 0.3) is 0 Å². The first-order valence-electron chi connectivity index (χ1n) is 6.11. The number of nitrogens with two attached hydrogens (primary N) is 1. The Kier molecular flexibility index (Phi) is 3.09. The fourth-order valence-corrected chi connectivity index (χ4v) is 2.99. The smallest absolute Gasteiger partial charge is 0.0632 e. The second-order valence-electron chi connectivity index (χ2n) is 4.53. The fraction of sp³-hybridized carbons (Fsp3) is 0.133. The van der Waals surface area contributed by atoms with Crippen molar-refractivity contribution in [3.8, 4) is 0 Å². The molecule has 0 fully saturated rings. The molecule has 3 aromatic rings. The van der Waals surface area contributed by atoms with Gasteiger partial charge in [0.15, 0.2) is 0 Å². The molecule has 0 aliphatic heterocycles. The van der Waals surface area contributed by atoms with E-state index in [-0.39, 0.29) is 0 Å². The number of thiophene rings is 1. The normalized spacial score (nSPS) is 10.8. The summed E-state index contributed by atoms with van der Waals surface area (Å²) in [7, 11) is 2.07. The Balaban J connectivity index is 1.98. The molecule has 2 heterocycles. The highest BCUT2D eigenvalue weighted by Crippen LogP contribution is 2.31. The summed E-state index contributed by atoms with van der Waals surface area (Å²) in [6, 6.07) is 10.3. The first-order valence-corrected chi connectivity index (χ1v) is 6.99. The van der Waals surface area contributed by atoms with E-state index in [9.17, 15) is 0 Å². The predicted molar refractivity (Wildman–Crippen MR) is 82.6 cm³/mol. The van der Waals surface area contributed by atoms with Crippen LogP contribution in [0.1, 0.15) is 4.88 Å². The lowest BCUT2D eigenvalue weighted by molar-refractivity contribution is 0.943. The first-order chi connectivity index (χ1) is 9.25. The highest BCUT2D eigenvalue weighted by Gasteiger charge is 2.09. The van der Waals surface area contributed by atoms with Gasteiger partial charge in [0.1, 0.15) is 0 Å². The molecule has 0 unspecified atom stereocenters. The van der Waals surface area contributed by atoms with Crippen LogP contribution in [-0.4, -0.2) is 12.0 Å². The molecule has 0 atom stereocenters. The van der Waals surface area contributed by atoms with E-state index in [1.807, 2.05) is 12.3 Å². The molecule has 2 N–H and O–H groups in total. The molecule has 0 amide bonds. The van der Waals surface area contributed by atoms with Gasteiger partial charge in [-0.1, -0.05) is 12.1 Å². The number of nitrogen functional groups attached to an aromatic ring is 1. The molecule has 3 rings (SSSR count). The highest BCUT2D eigenvalue weighted by atomic mass is 32.1. The number of hydrogen-bond acceptors (Lipinski definition) is 4. The maximum absolute atomic E-state index is 6.28. The molecule has 0 saturated carbocycles. The lowest BCUT2D eigenvalue weighted by atomic mass is 10.1. The van der Waals surface area contributed by atoms with Crippen LogP contribution >= 0.6 is 11.3 Å². The van der Waals surface area contributed by atoms with Crippen LogP contribution in [0.15, 0.2) is 48.1 Å². The average Bonchev–Trinajstić information content (AvgIpc) is 2.92. The van der Waals surface area contributed by atoms with Crippen molar-refractivity contribution in [2.45, 2.75) is 6.54 Å². The van der Waals surface area contributed by atoms with E-state index in [1.165, 1.54) is 4.88 Å². The summed E-state index contributed by atoms with van der Waals surface area (Å²) in [6.45, 7) is 0.873. The molecule has 0 aliphatic rings. The van der Waals surface area contributed by atoms with Gasteiger partial charge in [0.05, 0.1) is 17.9 Å². The Hall–Kier alpha value is -2.07. The predicted octanol–water partition coefficient (Wildman–Crippen LogP) is 3.51.